The number of phosphoric acid groups is 2. The summed E-state index contributed by atoms with van der Waals surface area (Å²) in [6, 6.07) is 0. The van der Waals surface area contributed by atoms with Crippen molar-refractivity contribution in [3.05, 3.63) is 0 Å². The molecule has 0 saturated carbocycles. The van der Waals surface area contributed by atoms with Crippen molar-refractivity contribution in [1.82, 2.24) is 0 Å². The molecular formula is H4FNaO7P2. The molecule has 0 heterocycles. The normalized spacial score (nSPS) is 11.3. The van der Waals surface area contributed by atoms with E-state index in [9.17, 15) is 9.13 Å². The maximum absolute atomic E-state index is 9.63. The molecule has 0 aliphatic rings. The molecule has 0 atom stereocenters. The molecule has 0 aromatic heterocycles. The first kappa shape index (κ1) is 18.1. The van der Waals surface area contributed by atoms with E-state index in [1.807, 2.05) is 0 Å². The summed E-state index contributed by atoms with van der Waals surface area (Å²) in [7, 11) is -10.1. The van der Waals surface area contributed by atoms with Gasteiger partial charge in [-0.15, -0.1) is 0 Å². The zero-order valence-electron chi connectivity index (χ0n) is 5.29. The van der Waals surface area contributed by atoms with Crippen molar-refractivity contribution < 1.29 is 67.3 Å². The van der Waals surface area contributed by atoms with Crippen LogP contribution in [0.4, 0.5) is 0 Å². The Kier molecular flexibility index (Phi) is 9.48. The predicted molar refractivity (Wildman–Crippen MR) is 25.2 cm³/mol. The van der Waals surface area contributed by atoms with Crippen LogP contribution in [0.5, 0.6) is 0 Å². The van der Waals surface area contributed by atoms with E-state index in [2.05, 4.69) is 4.31 Å². The second kappa shape index (κ2) is 5.77. The van der Waals surface area contributed by atoms with Gasteiger partial charge < -0.3 is 24.3 Å². The summed E-state index contributed by atoms with van der Waals surface area (Å²) in [4.78, 5) is 31.0. The van der Waals surface area contributed by atoms with Crippen LogP contribution >= 0.6 is 15.6 Å². The van der Waals surface area contributed by atoms with Gasteiger partial charge in [0, 0.05) is 0 Å². The fourth-order valence-electron chi connectivity index (χ4n) is 0.139. The molecule has 0 aliphatic heterocycles. The zero-order valence-corrected chi connectivity index (χ0v) is 9.07. The third kappa shape index (κ3) is 18.3. The third-order valence-corrected chi connectivity index (χ3v) is 1.91. The zero-order chi connectivity index (χ0) is 7.71. The molecule has 64 valence electrons. The SMILES string of the molecule is O=P(O)(O)OP(=O)(O)O.[F-].[Na+]. The van der Waals surface area contributed by atoms with E-state index >= 15 is 0 Å². The van der Waals surface area contributed by atoms with Gasteiger partial charge in [0.2, 0.25) is 0 Å². The minimum Gasteiger partial charge on any atom is -1.00 e. The Hall–Kier alpha value is 1.19. The van der Waals surface area contributed by atoms with E-state index in [4.69, 9.17) is 19.6 Å². The van der Waals surface area contributed by atoms with Gasteiger partial charge in [-0.1, -0.05) is 0 Å². The van der Waals surface area contributed by atoms with Crippen molar-refractivity contribution in [2.45, 2.75) is 0 Å². The molecule has 0 aromatic rings. The molecule has 0 radical (unpaired) electrons. The first-order valence-electron chi connectivity index (χ1n) is 1.53. The number of hydrogen-bond donors (Lipinski definition) is 4. The van der Waals surface area contributed by atoms with Crippen LogP contribution in [0.2, 0.25) is 0 Å². The van der Waals surface area contributed by atoms with Gasteiger partial charge in [0.1, 0.15) is 0 Å². The van der Waals surface area contributed by atoms with Gasteiger partial charge in [-0.2, -0.15) is 4.31 Å². The summed E-state index contributed by atoms with van der Waals surface area (Å²) < 4.78 is 22.2. The molecule has 0 aliphatic carbocycles. The largest absolute Gasteiger partial charge is 1.00 e. The summed E-state index contributed by atoms with van der Waals surface area (Å²) >= 11 is 0. The second-order valence-corrected chi connectivity index (χ2v) is 3.68. The fourth-order valence-corrected chi connectivity index (χ4v) is 1.25. The van der Waals surface area contributed by atoms with Crippen LogP contribution in [0, 0.1) is 0 Å². The predicted octanol–water partition coefficient (Wildman–Crippen LogP) is -6.80. The quantitative estimate of drug-likeness (QED) is 0.269. The Morgan fingerprint density at radius 3 is 1.09 bits per heavy atom. The fraction of sp³-hybridized carbons (Fsp3) is 0. The van der Waals surface area contributed by atoms with Gasteiger partial charge in [0.25, 0.3) is 0 Å². The molecule has 0 bridgehead atoms. The van der Waals surface area contributed by atoms with Crippen molar-refractivity contribution in [2.24, 2.45) is 0 Å². The van der Waals surface area contributed by atoms with E-state index in [0.717, 1.165) is 0 Å². The summed E-state index contributed by atoms with van der Waals surface area (Å²) in [5, 5.41) is 0. The monoisotopic (exact) mass is 220 g/mol. The Labute approximate surface area is 82.9 Å². The van der Waals surface area contributed by atoms with Crippen LogP contribution < -0.4 is 34.3 Å². The first-order chi connectivity index (χ1) is 3.71. The van der Waals surface area contributed by atoms with Crippen molar-refractivity contribution in [2.75, 3.05) is 0 Å². The molecule has 0 unspecified atom stereocenters. The summed E-state index contributed by atoms with van der Waals surface area (Å²) in [5.74, 6) is 0. The van der Waals surface area contributed by atoms with E-state index in [1.54, 1.807) is 0 Å². The van der Waals surface area contributed by atoms with Crippen LogP contribution in [0.25, 0.3) is 0 Å². The Morgan fingerprint density at radius 2 is 1.09 bits per heavy atom. The minimum absolute atomic E-state index is 0. The molecule has 4 N–H and O–H groups in total. The average Bonchev–Trinajstić information content (AvgIpc) is 1.14. The Bertz CT molecular complexity index is 157. The molecular weight excluding hydrogens is 216 g/mol. The van der Waals surface area contributed by atoms with Crippen molar-refractivity contribution in [1.29, 1.82) is 0 Å². The average molecular weight is 220 g/mol. The molecule has 0 aromatic carbocycles. The summed E-state index contributed by atoms with van der Waals surface area (Å²) in [5.41, 5.74) is 0. The van der Waals surface area contributed by atoms with E-state index in [-0.39, 0.29) is 34.3 Å². The Balaban J connectivity index is -0.000000320. The topological polar surface area (TPSA) is 124 Å². The Morgan fingerprint density at radius 1 is 0.909 bits per heavy atom. The number of hydrogen-bond acceptors (Lipinski definition) is 3. The van der Waals surface area contributed by atoms with Gasteiger partial charge in [0.15, 0.2) is 0 Å². The summed E-state index contributed by atoms with van der Waals surface area (Å²) in [6.07, 6.45) is 0. The van der Waals surface area contributed by atoms with Gasteiger partial charge in [-0.25, -0.2) is 9.13 Å². The molecule has 0 amide bonds. The molecule has 11 heavy (non-hydrogen) atoms. The van der Waals surface area contributed by atoms with Gasteiger partial charge in [-0.3, -0.25) is 0 Å². The van der Waals surface area contributed by atoms with Crippen LogP contribution in [0.3, 0.4) is 0 Å². The number of rotatable bonds is 2. The number of halogens is 1. The molecule has 0 rings (SSSR count). The van der Waals surface area contributed by atoms with Gasteiger partial charge in [0.05, 0.1) is 0 Å². The second-order valence-electron chi connectivity index (χ2n) is 1.06. The molecule has 0 fully saturated rings. The van der Waals surface area contributed by atoms with E-state index in [0.29, 0.717) is 0 Å². The van der Waals surface area contributed by atoms with Gasteiger partial charge >= 0.3 is 45.2 Å². The van der Waals surface area contributed by atoms with Crippen molar-refractivity contribution in [3.8, 4) is 0 Å². The van der Waals surface area contributed by atoms with E-state index < -0.39 is 15.6 Å². The van der Waals surface area contributed by atoms with Crippen molar-refractivity contribution >= 4 is 15.6 Å². The summed E-state index contributed by atoms with van der Waals surface area (Å²) in [6.45, 7) is 0. The van der Waals surface area contributed by atoms with Crippen LogP contribution in [-0.4, -0.2) is 19.6 Å². The maximum Gasteiger partial charge on any atom is 1.00 e. The molecule has 0 saturated heterocycles. The van der Waals surface area contributed by atoms with Crippen LogP contribution in [0.15, 0.2) is 0 Å². The van der Waals surface area contributed by atoms with Crippen LogP contribution in [0.1, 0.15) is 0 Å². The van der Waals surface area contributed by atoms with E-state index in [1.165, 1.54) is 0 Å². The standard InChI is InChI=1S/FH.Na.H4O7P2/c;;1-8(2,3)7-9(4,5)6/h1H;;(H2,1,2,3)(H2,4,5,6)/q;+1;/p-1. The molecule has 7 nitrogen and oxygen atoms in total. The van der Waals surface area contributed by atoms with Crippen molar-refractivity contribution in [3.63, 3.8) is 0 Å². The smallest absolute Gasteiger partial charge is 1.00 e. The first-order valence-corrected chi connectivity index (χ1v) is 4.59. The van der Waals surface area contributed by atoms with Crippen LogP contribution in [-0.2, 0) is 13.4 Å². The third-order valence-electron chi connectivity index (χ3n) is 0.213. The maximum atomic E-state index is 9.63. The molecule has 11 heteroatoms. The minimum atomic E-state index is -5.05. The van der Waals surface area contributed by atoms with Gasteiger partial charge in [-0.05, 0) is 0 Å². The molecule has 0 spiro atoms.